The van der Waals surface area contributed by atoms with Gasteiger partial charge in [0.25, 0.3) is 0 Å². The average Bonchev–Trinajstić information content (AvgIpc) is 3.02. The maximum absolute atomic E-state index is 4.19. The van der Waals surface area contributed by atoms with Gasteiger partial charge in [0, 0.05) is 24.6 Å². The Labute approximate surface area is 121 Å². The van der Waals surface area contributed by atoms with Crippen molar-refractivity contribution in [3.8, 4) is 0 Å². The summed E-state index contributed by atoms with van der Waals surface area (Å²) in [6.07, 6.45) is 3.71. The number of pyridine rings is 2. The van der Waals surface area contributed by atoms with Crippen molar-refractivity contribution in [2.75, 3.05) is 0 Å². The molecule has 0 aliphatic rings. The lowest BCUT2D eigenvalue weighted by atomic mass is 10.3. The first kappa shape index (κ1) is 12.1. The minimum atomic E-state index is 0.815. The Morgan fingerprint density at radius 2 is 1.95 bits per heavy atom. The molecule has 0 fully saturated rings. The second-order valence-electron chi connectivity index (χ2n) is 5.28. The number of hydrogen-bond acceptors (Lipinski definition) is 3. The standard InChI is InChI=1S/C16H15N5/c1-11-8-15-14(5-6-16-19-18-12(2)21(15)16)20(11)10-13-4-3-7-17-9-13/h3-9H,10H2,1-2H3. The summed E-state index contributed by atoms with van der Waals surface area (Å²) in [6.45, 7) is 4.92. The molecule has 4 aromatic rings. The zero-order chi connectivity index (χ0) is 14.4. The van der Waals surface area contributed by atoms with E-state index in [0.29, 0.717) is 0 Å². The quantitative estimate of drug-likeness (QED) is 0.566. The molecule has 4 rings (SSSR count). The molecule has 0 aliphatic carbocycles. The lowest BCUT2D eigenvalue weighted by molar-refractivity contribution is 0.800. The van der Waals surface area contributed by atoms with Crippen LogP contribution in [0.1, 0.15) is 17.1 Å². The van der Waals surface area contributed by atoms with Gasteiger partial charge in [0.15, 0.2) is 5.65 Å². The number of nitrogens with zero attached hydrogens (tertiary/aromatic N) is 5. The molecule has 5 heteroatoms. The maximum atomic E-state index is 4.19. The van der Waals surface area contributed by atoms with Crippen molar-refractivity contribution < 1.29 is 0 Å². The molecule has 0 radical (unpaired) electrons. The molecular formula is C16H15N5. The van der Waals surface area contributed by atoms with Gasteiger partial charge in [-0.2, -0.15) is 0 Å². The molecule has 0 aliphatic heterocycles. The van der Waals surface area contributed by atoms with E-state index in [1.54, 1.807) is 6.20 Å². The normalized spacial score (nSPS) is 11.5. The van der Waals surface area contributed by atoms with Gasteiger partial charge in [-0.1, -0.05) is 6.07 Å². The van der Waals surface area contributed by atoms with Crippen LogP contribution >= 0.6 is 0 Å². The van der Waals surface area contributed by atoms with Gasteiger partial charge in [0.1, 0.15) is 5.82 Å². The summed E-state index contributed by atoms with van der Waals surface area (Å²) in [5.41, 5.74) is 5.63. The van der Waals surface area contributed by atoms with Crippen molar-refractivity contribution >= 4 is 16.7 Å². The summed E-state index contributed by atoms with van der Waals surface area (Å²) < 4.78 is 4.40. The highest BCUT2D eigenvalue weighted by Gasteiger charge is 2.11. The first-order valence-corrected chi connectivity index (χ1v) is 6.93. The highest BCUT2D eigenvalue weighted by atomic mass is 15.2. The second-order valence-corrected chi connectivity index (χ2v) is 5.28. The summed E-state index contributed by atoms with van der Waals surface area (Å²) in [5.74, 6) is 0.911. The number of fused-ring (bicyclic) bond motifs is 3. The van der Waals surface area contributed by atoms with Gasteiger partial charge < -0.3 is 4.57 Å². The van der Waals surface area contributed by atoms with E-state index in [4.69, 9.17) is 0 Å². The predicted molar refractivity (Wildman–Crippen MR) is 81.3 cm³/mol. The number of aromatic nitrogens is 5. The Balaban J connectivity index is 1.95. The van der Waals surface area contributed by atoms with E-state index in [9.17, 15) is 0 Å². The molecule has 21 heavy (non-hydrogen) atoms. The van der Waals surface area contributed by atoms with E-state index in [2.05, 4.69) is 49.3 Å². The third-order valence-corrected chi connectivity index (χ3v) is 3.87. The predicted octanol–water partition coefficient (Wildman–Crippen LogP) is 2.74. The zero-order valence-electron chi connectivity index (χ0n) is 12.0. The Morgan fingerprint density at radius 3 is 2.76 bits per heavy atom. The van der Waals surface area contributed by atoms with Crippen LogP contribution in [0.4, 0.5) is 0 Å². The molecule has 4 heterocycles. The van der Waals surface area contributed by atoms with E-state index in [-0.39, 0.29) is 0 Å². The molecule has 0 bridgehead atoms. The van der Waals surface area contributed by atoms with Crippen molar-refractivity contribution in [2.45, 2.75) is 20.4 Å². The molecule has 0 aromatic carbocycles. The van der Waals surface area contributed by atoms with E-state index in [1.807, 2.05) is 25.3 Å². The SMILES string of the molecule is Cc1cc2c(ccc3nnc(C)n32)n1Cc1cccnc1. The fourth-order valence-electron chi connectivity index (χ4n) is 2.85. The first-order valence-electron chi connectivity index (χ1n) is 6.93. The Kier molecular flexibility index (Phi) is 2.54. The average molecular weight is 277 g/mol. The van der Waals surface area contributed by atoms with Crippen molar-refractivity contribution in [3.05, 3.63) is 59.8 Å². The van der Waals surface area contributed by atoms with Gasteiger partial charge in [-0.3, -0.25) is 9.38 Å². The first-order chi connectivity index (χ1) is 10.2. The highest BCUT2D eigenvalue weighted by molar-refractivity contribution is 5.81. The van der Waals surface area contributed by atoms with E-state index < -0.39 is 0 Å². The van der Waals surface area contributed by atoms with Gasteiger partial charge in [0.2, 0.25) is 0 Å². The van der Waals surface area contributed by atoms with E-state index in [0.717, 1.165) is 23.5 Å². The van der Waals surface area contributed by atoms with Gasteiger partial charge in [0.05, 0.1) is 11.0 Å². The number of aryl methyl sites for hydroxylation is 2. The largest absolute Gasteiger partial charge is 0.339 e. The fraction of sp³-hybridized carbons (Fsp3) is 0.188. The Bertz CT molecular complexity index is 934. The molecule has 0 amide bonds. The minimum Gasteiger partial charge on any atom is -0.339 e. The summed E-state index contributed by atoms with van der Waals surface area (Å²) in [4.78, 5) is 4.19. The Hall–Kier alpha value is -2.69. The lowest BCUT2D eigenvalue weighted by Crippen LogP contribution is -2.02. The molecule has 0 N–H and O–H groups in total. The molecule has 4 aromatic heterocycles. The van der Waals surface area contributed by atoms with Crippen molar-refractivity contribution in [1.29, 1.82) is 0 Å². The fourth-order valence-corrected chi connectivity index (χ4v) is 2.85. The van der Waals surface area contributed by atoms with Gasteiger partial charge >= 0.3 is 0 Å². The molecule has 0 saturated carbocycles. The van der Waals surface area contributed by atoms with Crippen LogP contribution in [0.2, 0.25) is 0 Å². The van der Waals surface area contributed by atoms with Crippen LogP contribution in [0.5, 0.6) is 0 Å². The topological polar surface area (TPSA) is 48.0 Å². The summed E-state index contributed by atoms with van der Waals surface area (Å²) in [7, 11) is 0. The van der Waals surface area contributed by atoms with E-state index in [1.165, 1.54) is 16.8 Å². The monoisotopic (exact) mass is 277 g/mol. The van der Waals surface area contributed by atoms with Crippen molar-refractivity contribution in [2.24, 2.45) is 0 Å². The van der Waals surface area contributed by atoms with Crippen LogP contribution in [0, 0.1) is 13.8 Å². The summed E-state index contributed by atoms with van der Waals surface area (Å²) in [5, 5.41) is 8.35. The minimum absolute atomic E-state index is 0.815. The lowest BCUT2D eigenvalue weighted by Gasteiger charge is -2.08. The number of rotatable bonds is 2. The van der Waals surface area contributed by atoms with Gasteiger partial charge in [-0.15, -0.1) is 10.2 Å². The smallest absolute Gasteiger partial charge is 0.161 e. The third-order valence-electron chi connectivity index (χ3n) is 3.87. The van der Waals surface area contributed by atoms with Crippen LogP contribution in [0.15, 0.2) is 42.7 Å². The maximum Gasteiger partial charge on any atom is 0.161 e. The Morgan fingerprint density at radius 1 is 1.05 bits per heavy atom. The van der Waals surface area contributed by atoms with Crippen LogP contribution < -0.4 is 0 Å². The molecule has 104 valence electrons. The highest BCUT2D eigenvalue weighted by Crippen LogP contribution is 2.22. The third kappa shape index (κ3) is 1.81. The molecular weight excluding hydrogens is 262 g/mol. The zero-order valence-corrected chi connectivity index (χ0v) is 12.0. The van der Waals surface area contributed by atoms with Crippen LogP contribution in [-0.4, -0.2) is 24.1 Å². The van der Waals surface area contributed by atoms with E-state index >= 15 is 0 Å². The molecule has 0 atom stereocenters. The van der Waals surface area contributed by atoms with Crippen molar-refractivity contribution in [3.63, 3.8) is 0 Å². The summed E-state index contributed by atoms with van der Waals surface area (Å²) in [6, 6.07) is 10.4. The van der Waals surface area contributed by atoms with Gasteiger partial charge in [-0.25, -0.2) is 0 Å². The summed E-state index contributed by atoms with van der Waals surface area (Å²) >= 11 is 0. The molecule has 0 saturated heterocycles. The van der Waals surface area contributed by atoms with Crippen LogP contribution in [-0.2, 0) is 6.54 Å². The molecule has 0 spiro atoms. The molecule has 0 unspecified atom stereocenters. The second kappa shape index (κ2) is 4.41. The van der Waals surface area contributed by atoms with Gasteiger partial charge in [-0.05, 0) is 43.7 Å². The van der Waals surface area contributed by atoms with Crippen molar-refractivity contribution in [1.82, 2.24) is 24.1 Å². The van der Waals surface area contributed by atoms with Crippen LogP contribution in [0.25, 0.3) is 16.7 Å². The number of hydrogen-bond donors (Lipinski definition) is 0. The van der Waals surface area contributed by atoms with Crippen LogP contribution in [0.3, 0.4) is 0 Å². The molecule has 5 nitrogen and oxygen atoms in total.